The fraction of sp³-hybridized carbons (Fsp3) is 0.625. The maximum atomic E-state index is 12.8. The Morgan fingerprint density at radius 3 is 2.87 bits per heavy atom. The molecule has 4 heterocycles. The monoisotopic (exact) mass is 318 g/mol. The lowest BCUT2D eigenvalue weighted by Crippen LogP contribution is -2.49. The number of nitrogens with zero attached hydrogens (tertiary/aromatic N) is 3. The molecule has 1 saturated heterocycles. The minimum atomic E-state index is -0.0815. The molecule has 0 aromatic heterocycles. The molecule has 0 radical (unpaired) electrons. The first kappa shape index (κ1) is 14.7. The van der Waals surface area contributed by atoms with E-state index in [9.17, 15) is 9.59 Å². The zero-order valence-electron chi connectivity index (χ0n) is 13.5. The number of hydrogen-bond acceptors (Lipinski definition) is 5. The highest BCUT2D eigenvalue weighted by Crippen LogP contribution is 2.32. The van der Waals surface area contributed by atoms with Gasteiger partial charge < -0.3 is 15.0 Å². The van der Waals surface area contributed by atoms with Crippen LogP contribution in [0.2, 0.25) is 0 Å². The van der Waals surface area contributed by atoms with Crippen molar-refractivity contribution in [2.24, 2.45) is 5.92 Å². The van der Waals surface area contributed by atoms with Gasteiger partial charge in [-0.15, -0.1) is 0 Å². The SMILES string of the molecule is CCC1C=C2NC3=C(CN(CC4CCOC4)C3=O)C(=O)N2N1C. The van der Waals surface area contributed by atoms with E-state index in [1.165, 1.54) is 0 Å². The van der Waals surface area contributed by atoms with Gasteiger partial charge in [-0.1, -0.05) is 6.92 Å². The molecule has 2 amide bonds. The van der Waals surface area contributed by atoms with Crippen LogP contribution in [0.15, 0.2) is 23.2 Å². The third-order valence-corrected chi connectivity index (χ3v) is 5.15. The average molecular weight is 318 g/mol. The van der Waals surface area contributed by atoms with Crippen molar-refractivity contribution >= 4 is 11.8 Å². The van der Waals surface area contributed by atoms with Gasteiger partial charge in [0.05, 0.1) is 24.8 Å². The molecule has 4 aliphatic rings. The standard InChI is InChI=1S/C16H22N4O3/c1-3-11-6-13-17-14-12(15(21)20(13)18(11)2)8-19(16(14)22)7-10-4-5-23-9-10/h6,10-11,17H,3-5,7-9H2,1-2H3. The number of amides is 2. The topological polar surface area (TPSA) is 65.1 Å². The third-order valence-electron chi connectivity index (χ3n) is 5.15. The van der Waals surface area contributed by atoms with Crippen LogP contribution in [0, 0.1) is 5.92 Å². The molecule has 0 spiro atoms. The van der Waals surface area contributed by atoms with Gasteiger partial charge in [-0.25, -0.2) is 10.0 Å². The maximum Gasteiger partial charge on any atom is 0.274 e. The number of carbonyl (C=O) groups excluding carboxylic acids is 2. The first-order valence-corrected chi connectivity index (χ1v) is 8.26. The summed E-state index contributed by atoms with van der Waals surface area (Å²) in [5, 5.41) is 6.78. The Bertz CT molecular complexity index is 621. The molecule has 0 saturated carbocycles. The summed E-state index contributed by atoms with van der Waals surface area (Å²) < 4.78 is 5.38. The minimum absolute atomic E-state index is 0.0663. The van der Waals surface area contributed by atoms with E-state index in [2.05, 4.69) is 12.2 Å². The Kier molecular flexibility index (Phi) is 3.42. The van der Waals surface area contributed by atoms with Crippen molar-refractivity contribution in [3.63, 3.8) is 0 Å². The van der Waals surface area contributed by atoms with Gasteiger partial charge in [0.2, 0.25) is 0 Å². The second-order valence-corrected chi connectivity index (χ2v) is 6.61. The van der Waals surface area contributed by atoms with E-state index >= 15 is 0 Å². The molecule has 2 atom stereocenters. The largest absolute Gasteiger partial charge is 0.381 e. The van der Waals surface area contributed by atoms with Crippen molar-refractivity contribution < 1.29 is 14.3 Å². The van der Waals surface area contributed by atoms with E-state index in [1.807, 2.05) is 18.1 Å². The van der Waals surface area contributed by atoms with Crippen LogP contribution in [-0.2, 0) is 14.3 Å². The van der Waals surface area contributed by atoms with Crippen molar-refractivity contribution in [3.8, 4) is 0 Å². The Balaban J connectivity index is 1.55. The van der Waals surface area contributed by atoms with Gasteiger partial charge in [-0.2, -0.15) is 0 Å². The van der Waals surface area contributed by atoms with Crippen LogP contribution in [-0.4, -0.2) is 66.1 Å². The lowest BCUT2D eigenvalue weighted by atomic mass is 10.1. The van der Waals surface area contributed by atoms with Gasteiger partial charge in [-0.3, -0.25) is 9.59 Å². The molecule has 4 rings (SSSR count). The molecule has 23 heavy (non-hydrogen) atoms. The first-order valence-electron chi connectivity index (χ1n) is 8.26. The van der Waals surface area contributed by atoms with Gasteiger partial charge in [0.15, 0.2) is 0 Å². The van der Waals surface area contributed by atoms with Crippen molar-refractivity contribution in [2.75, 3.05) is 33.4 Å². The molecule has 0 aromatic carbocycles. The van der Waals surface area contributed by atoms with Crippen LogP contribution < -0.4 is 5.32 Å². The highest BCUT2D eigenvalue weighted by Gasteiger charge is 2.45. The number of likely N-dealkylation sites (N-methyl/N-ethyl adjacent to an activating group) is 1. The third kappa shape index (κ3) is 2.18. The fourth-order valence-corrected chi connectivity index (χ4v) is 3.78. The van der Waals surface area contributed by atoms with Crippen LogP contribution in [0.4, 0.5) is 0 Å². The van der Waals surface area contributed by atoms with Gasteiger partial charge in [0.1, 0.15) is 11.5 Å². The summed E-state index contributed by atoms with van der Waals surface area (Å²) in [5.41, 5.74) is 1.04. The summed E-state index contributed by atoms with van der Waals surface area (Å²) in [7, 11) is 1.91. The van der Waals surface area contributed by atoms with Crippen LogP contribution in [0.25, 0.3) is 0 Å². The molecule has 1 fully saturated rings. The summed E-state index contributed by atoms with van der Waals surface area (Å²) in [5.74, 6) is 0.939. The number of fused-ring (bicyclic) bond motifs is 1. The van der Waals surface area contributed by atoms with E-state index in [0.717, 1.165) is 19.4 Å². The Morgan fingerprint density at radius 1 is 1.35 bits per heavy atom. The van der Waals surface area contributed by atoms with Gasteiger partial charge >= 0.3 is 0 Å². The Morgan fingerprint density at radius 2 is 2.17 bits per heavy atom. The van der Waals surface area contributed by atoms with Crippen LogP contribution in [0.1, 0.15) is 19.8 Å². The van der Waals surface area contributed by atoms with Crippen molar-refractivity contribution in [3.05, 3.63) is 23.2 Å². The lowest BCUT2D eigenvalue weighted by Gasteiger charge is -2.33. The first-order chi connectivity index (χ1) is 11.1. The number of hydrazine groups is 1. The molecule has 0 bridgehead atoms. The number of rotatable bonds is 3. The van der Waals surface area contributed by atoms with E-state index in [4.69, 9.17) is 4.74 Å². The van der Waals surface area contributed by atoms with Crippen LogP contribution in [0.3, 0.4) is 0 Å². The minimum Gasteiger partial charge on any atom is -0.381 e. The molecule has 0 aliphatic carbocycles. The van der Waals surface area contributed by atoms with E-state index in [0.29, 0.717) is 42.7 Å². The molecule has 0 aromatic rings. The van der Waals surface area contributed by atoms with Crippen molar-refractivity contribution in [2.45, 2.75) is 25.8 Å². The normalized spacial score (nSPS) is 30.8. The smallest absolute Gasteiger partial charge is 0.274 e. The predicted molar refractivity (Wildman–Crippen MR) is 82.4 cm³/mol. The van der Waals surface area contributed by atoms with Gasteiger partial charge in [0, 0.05) is 26.1 Å². The quantitative estimate of drug-likeness (QED) is 0.795. The number of nitrogens with one attached hydrogen (secondary N) is 1. The summed E-state index contributed by atoms with van der Waals surface area (Å²) in [6.07, 6.45) is 3.91. The average Bonchev–Trinajstić information content (AvgIpc) is 3.22. The second-order valence-electron chi connectivity index (χ2n) is 6.61. The lowest BCUT2D eigenvalue weighted by molar-refractivity contribution is -0.139. The molecule has 7 nitrogen and oxygen atoms in total. The zero-order valence-corrected chi connectivity index (χ0v) is 13.5. The highest BCUT2D eigenvalue weighted by atomic mass is 16.5. The van der Waals surface area contributed by atoms with E-state index in [-0.39, 0.29) is 17.9 Å². The molecular weight excluding hydrogens is 296 g/mol. The van der Waals surface area contributed by atoms with Crippen LogP contribution >= 0.6 is 0 Å². The second kappa shape index (κ2) is 5.35. The fourth-order valence-electron chi connectivity index (χ4n) is 3.78. The summed E-state index contributed by atoms with van der Waals surface area (Å²) >= 11 is 0. The molecule has 4 aliphatic heterocycles. The highest BCUT2D eigenvalue weighted by molar-refractivity contribution is 6.10. The molecule has 124 valence electrons. The zero-order chi connectivity index (χ0) is 16.1. The van der Waals surface area contributed by atoms with Crippen molar-refractivity contribution in [1.29, 1.82) is 0 Å². The van der Waals surface area contributed by atoms with Gasteiger partial charge in [0.25, 0.3) is 11.8 Å². The molecule has 7 heteroatoms. The summed E-state index contributed by atoms with van der Waals surface area (Å²) in [6, 6.07) is 0.184. The molecular formula is C16H22N4O3. The summed E-state index contributed by atoms with van der Waals surface area (Å²) in [4.78, 5) is 27.3. The predicted octanol–water partition coefficient (Wildman–Crippen LogP) is 0.0314. The maximum absolute atomic E-state index is 12.8. The van der Waals surface area contributed by atoms with Crippen LogP contribution in [0.5, 0.6) is 0 Å². The summed E-state index contributed by atoms with van der Waals surface area (Å²) in [6.45, 7) is 4.60. The molecule has 1 N–H and O–H groups in total. The number of ether oxygens (including phenoxy) is 1. The van der Waals surface area contributed by atoms with Crippen molar-refractivity contribution in [1.82, 2.24) is 20.2 Å². The van der Waals surface area contributed by atoms with Gasteiger partial charge in [-0.05, 0) is 18.9 Å². The molecule has 2 unspecified atom stereocenters. The Labute approximate surface area is 135 Å². The number of hydrogen-bond donors (Lipinski definition) is 1. The number of carbonyl (C=O) groups is 2. The van der Waals surface area contributed by atoms with E-state index < -0.39 is 0 Å². The van der Waals surface area contributed by atoms with E-state index in [1.54, 1.807) is 9.91 Å². The Hall–Kier alpha value is -1.86.